The van der Waals surface area contributed by atoms with Crippen LogP contribution >= 0.6 is 0 Å². The molecule has 0 saturated carbocycles. The average Bonchev–Trinajstić information content (AvgIpc) is 2.04. The number of aromatic nitrogens is 2. The third kappa shape index (κ3) is 1.75. The van der Waals surface area contributed by atoms with Gasteiger partial charge in [0.25, 0.3) is 0 Å². The van der Waals surface area contributed by atoms with Gasteiger partial charge >= 0.3 is 5.69 Å². The molecule has 0 bridgehead atoms. The maximum atomic E-state index is 10.7. The molecule has 1 aromatic carbocycles. The number of H-pyrrole nitrogens is 1. The maximum absolute atomic E-state index is 10.7. The van der Waals surface area contributed by atoms with E-state index in [0.717, 1.165) is 10.9 Å². The number of nitrogens with one attached hydrogen (secondary N) is 1. The Kier molecular flexibility index (Phi) is 3.03. The molecule has 0 aliphatic heterocycles. The van der Waals surface area contributed by atoms with Crippen LogP contribution in [0, 0.1) is 0 Å². The van der Waals surface area contributed by atoms with Gasteiger partial charge in [-0.2, -0.15) is 0 Å². The summed E-state index contributed by atoms with van der Waals surface area (Å²) in [6, 6.07) is 7.53. The van der Waals surface area contributed by atoms with Gasteiger partial charge < -0.3 is 4.98 Å². The van der Waals surface area contributed by atoms with Crippen molar-refractivity contribution < 1.29 is 0 Å². The van der Waals surface area contributed by atoms with Crippen molar-refractivity contribution >= 4 is 40.5 Å². The first-order valence-electron chi connectivity index (χ1n) is 3.30. The second-order valence-corrected chi connectivity index (χ2v) is 2.28. The van der Waals surface area contributed by atoms with E-state index in [1.54, 1.807) is 6.20 Å². The van der Waals surface area contributed by atoms with Gasteiger partial charge in [-0.05, 0) is 6.07 Å². The average molecular weight is 169 g/mol. The van der Waals surface area contributed by atoms with E-state index in [4.69, 9.17) is 0 Å². The summed E-state index contributed by atoms with van der Waals surface area (Å²) in [5.74, 6) is 0. The summed E-state index contributed by atoms with van der Waals surface area (Å²) < 4.78 is 0. The number of nitrogens with zero attached hydrogens (tertiary/aromatic N) is 1. The van der Waals surface area contributed by atoms with E-state index in [0.29, 0.717) is 0 Å². The number of hydrogen-bond donors (Lipinski definition) is 1. The van der Waals surface area contributed by atoms with E-state index < -0.39 is 0 Å². The standard InChI is InChI=1S/C8H6N2O.Na/c11-8-9-5-6-3-1-2-4-7(6)10-8;/h1-5H,(H,9,10,11);. The first-order chi connectivity index (χ1) is 5.36. The molecule has 0 unspecified atom stereocenters. The molecule has 0 aliphatic carbocycles. The molecule has 1 N–H and O–H groups in total. The van der Waals surface area contributed by atoms with E-state index in [2.05, 4.69) is 9.97 Å². The molecule has 55 valence electrons. The van der Waals surface area contributed by atoms with Crippen LogP contribution in [-0.4, -0.2) is 39.5 Å². The van der Waals surface area contributed by atoms with Crippen molar-refractivity contribution in [1.82, 2.24) is 9.97 Å². The zero-order valence-corrected chi connectivity index (χ0v) is 8.74. The Bertz CT molecular complexity index is 438. The van der Waals surface area contributed by atoms with Crippen LogP contribution in [0.3, 0.4) is 0 Å². The smallest absolute Gasteiger partial charge is 0.305 e. The molecule has 12 heavy (non-hydrogen) atoms. The largest absolute Gasteiger partial charge is 0.345 e. The quantitative estimate of drug-likeness (QED) is 0.585. The molecule has 0 aliphatic rings. The van der Waals surface area contributed by atoms with Crippen molar-refractivity contribution in [3.8, 4) is 0 Å². The minimum atomic E-state index is -0.302. The molecule has 0 amide bonds. The molecule has 3 nitrogen and oxygen atoms in total. The molecule has 2 aromatic rings. The molecule has 1 heterocycles. The molecule has 4 heteroatoms. The summed E-state index contributed by atoms with van der Waals surface area (Å²) in [6.07, 6.45) is 1.56. The zero-order chi connectivity index (χ0) is 7.68. The number of fused-ring (bicyclic) bond motifs is 1. The number of rotatable bonds is 0. The van der Waals surface area contributed by atoms with E-state index in [1.165, 1.54) is 0 Å². The third-order valence-corrected chi connectivity index (χ3v) is 1.52. The van der Waals surface area contributed by atoms with Crippen LogP contribution in [0.15, 0.2) is 35.3 Å². The molecule has 0 fully saturated rings. The van der Waals surface area contributed by atoms with Crippen molar-refractivity contribution in [2.75, 3.05) is 0 Å². The van der Waals surface area contributed by atoms with Crippen LogP contribution in [-0.2, 0) is 0 Å². The SMILES string of the molecule is O=c1ncc2ccccc2[nH]1.[Na]. The summed E-state index contributed by atoms with van der Waals surface area (Å²) in [6.45, 7) is 0. The van der Waals surface area contributed by atoms with E-state index in [-0.39, 0.29) is 35.2 Å². The number of aromatic amines is 1. The fourth-order valence-electron chi connectivity index (χ4n) is 0.999. The van der Waals surface area contributed by atoms with Gasteiger partial charge in [0.2, 0.25) is 0 Å². The summed E-state index contributed by atoms with van der Waals surface area (Å²) in [5.41, 5.74) is 0.524. The van der Waals surface area contributed by atoms with E-state index >= 15 is 0 Å². The van der Waals surface area contributed by atoms with Crippen molar-refractivity contribution in [2.24, 2.45) is 0 Å². The van der Waals surface area contributed by atoms with Gasteiger partial charge in [-0.3, -0.25) is 0 Å². The van der Waals surface area contributed by atoms with Gasteiger partial charge in [-0.15, -0.1) is 0 Å². The van der Waals surface area contributed by atoms with Crippen molar-refractivity contribution in [3.63, 3.8) is 0 Å². The number of para-hydroxylation sites is 1. The van der Waals surface area contributed by atoms with Gasteiger partial charge in [-0.25, -0.2) is 9.78 Å². The summed E-state index contributed by atoms with van der Waals surface area (Å²) >= 11 is 0. The fraction of sp³-hybridized carbons (Fsp3) is 0. The van der Waals surface area contributed by atoms with Crippen LogP contribution in [0.1, 0.15) is 0 Å². The van der Waals surface area contributed by atoms with Gasteiger partial charge in [0.15, 0.2) is 0 Å². The third-order valence-electron chi connectivity index (χ3n) is 1.52. The van der Waals surface area contributed by atoms with Gasteiger partial charge in [0.05, 0.1) is 5.52 Å². The minimum Gasteiger partial charge on any atom is -0.305 e. The van der Waals surface area contributed by atoms with Crippen LogP contribution in [0.4, 0.5) is 0 Å². The summed E-state index contributed by atoms with van der Waals surface area (Å²) in [4.78, 5) is 16.9. The second-order valence-electron chi connectivity index (χ2n) is 2.28. The molecule has 1 aromatic heterocycles. The topological polar surface area (TPSA) is 45.8 Å². The Morgan fingerprint density at radius 2 is 2.00 bits per heavy atom. The summed E-state index contributed by atoms with van der Waals surface area (Å²) in [7, 11) is 0. The van der Waals surface area contributed by atoms with Crippen molar-refractivity contribution in [1.29, 1.82) is 0 Å². The maximum Gasteiger partial charge on any atom is 0.345 e. The van der Waals surface area contributed by atoms with E-state index in [1.807, 2.05) is 24.3 Å². The van der Waals surface area contributed by atoms with Crippen molar-refractivity contribution in [2.45, 2.75) is 0 Å². The molecule has 0 saturated heterocycles. The van der Waals surface area contributed by atoms with Crippen LogP contribution in [0.2, 0.25) is 0 Å². The molecule has 2 rings (SSSR count). The molecule has 1 radical (unpaired) electrons. The number of benzene rings is 1. The van der Waals surface area contributed by atoms with Gasteiger partial charge in [0, 0.05) is 41.1 Å². The molecular weight excluding hydrogens is 163 g/mol. The normalized spacial score (nSPS) is 9.33. The fourth-order valence-corrected chi connectivity index (χ4v) is 0.999. The molecular formula is C8H6N2NaO. The Labute approximate surface area is 91.1 Å². The zero-order valence-electron chi connectivity index (χ0n) is 6.74. The van der Waals surface area contributed by atoms with Crippen LogP contribution in [0.5, 0.6) is 0 Å². The first-order valence-corrected chi connectivity index (χ1v) is 3.30. The van der Waals surface area contributed by atoms with Crippen molar-refractivity contribution in [3.05, 3.63) is 40.9 Å². The Hall–Kier alpha value is -0.640. The number of hydrogen-bond acceptors (Lipinski definition) is 2. The van der Waals surface area contributed by atoms with Gasteiger partial charge in [0.1, 0.15) is 0 Å². The second kappa shape index (κ2) is 3.85. The molecule has 0 atom stereocenters. The minimum absolute atomic E-state index is 0. The van der Waals surface area contributed by atoms with Gasteiger partial charge in [-0.1, -0.05) is 18.2 Å². The van der Waals surface area contributed by atoms with Crippen LogP contribution in [0.25, 0.3) is 10.9 Å². The Morgan fingerprint density at radius 3 is 2.83 bits per heavy atom. The van der Waals surface area contributed by atoms with E-state index in [9.17, 15) is 4.79 Å². The Balaban J connectivity index is 0.000000720. The molecule has 0 spiro atoms. The first kappa shape index (κ1) is 9.45. The Morgan fingerprint density at radius 1 is 1.25 bits per heavy atom. The predicted molar refractivity (Wildman–Crippen MR) is 48.1 cm³/mol. The monoisotopic (exact) mass is 169 g/mol. The predicted octanol–water partition coefficient (Wildman–Crippen LogP) is 0.542. The van der Waals surface area contributed by atoms with Crippen LogP contribution < -0.4 is 5.69 Å². The summed E-state index contributed by atoms with van der Waals surface area (Å²) in [5, 5.41) is 0.951.